The minimum atomic E-state index is -0.891. The molecular weight excluding hydrogens is 340 g/mol. The second kappa shape index (κ2) is 7.06. The lowest BCUT2D eigenvalue weighted by Crippen LogP contribution is -2.51. The van der Waals surface area contributed by atoms with E-state index < -0.39 is 11.4 Å². The van der Waals surface area contributed by atoms with Crippen LogP contribution in [0, 0.1) is 0 Å². The Morgan fingerprint density at radius 2 is 1.59 bits per heavy atom. The van der Waals surface area contributed by atoms with Gasteiger partial charge in [-0.1, -0.05) is 48.5 Å². The quantitative estimate of drug-likeness (QED) is 0.906. The normalized spacial score (nSPS) is 18.2. The molecule has 0 unspecified atom stereocenters. The number of rotatable bonds is 4. The molecule has 5 heteroatoms. The smallest absolute Gasteiger partial charge is 0.314 e. The first-order valence-electron chi connectivity index (χ1n) is 9.50. The topological polar surface area (TPSA) is 60.9 Å². The predicted octanol–water partition coefficient (Wildman–Crippen LogP) is 2.69. The van der Waals surface area contributed by atoms with Crippen molar-refractivity contribution in [2.24, 2.45) is 0 Å². The van der Waals surface area contributed by atoms with Gasteiger partial charge < -0.3 is 14.9 Å². The SMILES string of the molecule is O=C(CN1CCc2ccccc21)N1CCC(C(=O)O)(c2ccccc2)CC1. The Hall–Kier alpha value is -2.82. The number of carbonyl (C=O) groups excluding carboxylic acids is 1. The molecule has 0 aliphatic carbocycles. The number of carboxylic acids is 1. The van der Waals surface area contributed by atoms with Crippen LogP contribution in [0.1, 0.15) is 24.0 Å². The van der Waals surface area contributed by atoms with Gasteiger partial charge in [-0.05, 0) is 36.5 Å². The van der Waals surface area contributed by atoms with Crippen molar-refractivity contribution in [2.75, 3.05) is 31.1 Å². The van der Waals surface area contributed by atoms with Gasteiger partial charge in [0.05, 0.1) is 12.0 Å². The van der Waals surface area contributed by atoms with Crippen LogP contribution in [0.2, 0.25) is 0 Å². The van der Waals surface area contributed by atoms with E-state index in [1.807, 2.05) is 47.4 Å². The van der Waals surface area contributed by atoms with Crippen molar-refractivity contribution in [3.63, 3.8) is 0 Å². The maximum absolute atomic E-state index is 12.8. The molecule has 0 atom stereocenters. The Morgan fingerprint density at radius 1 is 0.926 bits per heavy atom. The number of aliphatic carboxylic acids is 1. The number of nitrogens with zero attached hydrogens (tertiary/aromatic N) is 2. The first-order valence-corrected chi connectivity index (χ1v) is 9.50. The second-order valence-corrected chi connectivity index (χ2v) is 7.43. The highest BCUT2D eigenvalue weighted by Gasteiger charge is 2.44. The third-order valence-electron chi connectivity index (χ3n) is 6.01. The summed E-state index contributed by atoms with van der Waals surface area (Å²) in [6.07, 6.45) is 1.88. The van der Waals surface area contributed by atoms with E-state index in [1.54, 1.807) is 0 Å². The molecule has 4 rings (SSSR count). The minimum absolute atomic E-state index is 0.0822. The van der Waals surface area contributed by atoms with Gasteiger partial charge in [-0.3, -0.25) is 9.59 Å². The highest BCUT2D eigenvalue weighted by atomic mass is 16.4. The number of fused-ring (bicyclic) bond motifs is 1. The van der Waals surface area contributed by atoms with Crippen molar-refractivity contribution in [3.8, 4) is 0 Å². The number of hydrogen-bond acceptors (Lipinski definition) is 3. The molecule has 0 spiro atoms. The van der Waals surface area contributed by atoms with E-state index in [0.29, 0.717) is 32.5 Å². The number of likely N-dealkylation sites (tertiary alicyclic amines) is 1. The molecule has 2 aromatic rings. The molecule has 140 valence electrons. The number of anilines is 1. The molecule has 1 fully saturated rings. The van der Waals surface area contributed by atoms with E-state index in [-0.39, 0.29) is 5.91 Å². The van der Waals surface area contributed by atoms with Crippen LogP contribution in [0.4, 0.5) is 5.69 Å². The number of benzene rings is 2. The van der Waals surface area contributed by atoms with E-state index >= 15 is 0 Å². The number of piperidine rings is 1. The average molecular weight is 364 g/mol. The van der Waals surface area contributed by atoms with Crippen LogP contribution in [0.25, 0.3) is 0 Å². The molecule has 2 aromatic carbocycles. The number of hydrogen-bond donors (Lipinski definition) is 1. The maximum Gasteiger partial charge on any atom is 0.314 e. The Kier molecular flexibility index (Phi) is 4.60. The van der Waals surface area contributed by atoms with E-state index in [4.69, 9.17) is 0 Å². The van der Waals surface area contributed by atoms with E-state index in [9.17, 15) is 14.7 Å². The standard InChI is InChI=1S/C22H24N2O3/c25-20(16-24-13-10-17-6-4-5-9-19(17)24)23-14-11-22(12-15-23,21(26)27)18-7-2-1-3-8-18/h1-9H,10-16H2,(H,26,27). The second-order valence-electron chi connectivity index (χ2n) is 7.43. The van der Waals surface area contributed by atoms with Crippen molar-refractivity contribution in [1.82, 2.24) is 4.90 Å². The highest BCUT2D eigenvalue weighted by molar-refractivity contribution is 5.84. The Morgan fingerprint density at radius 3 is 2.30 bits per heavy atom. The summed E-state index contributed by atoms with van der Waals surface area (Å²) in [7, 11) is 0. The third kappa shape index (κ3) is 3.18. The van der Waals surface area contributed by atoms with Gasteiger partial charge in [-0.2, -0.15) is 0 Å². The van der Waals surface area contributed by atoms with Gasteiger partial charge in [0.1, 0.15) is 0 Å². The van der Waals surface area contributed by atoms with Gasteiger partial charge in [0.25, 0.3) is 0 Å². The summed E-state index contributed by atoms with van der Waals surface area (Å²) >= 11 is 0. The van der Waals surface area contributed by atoms with Crippen molar-refractivity contribution < 1.29 is 14.7 Å². The van der Waals surface area contributed by atoms with Gasteiger partial charge >= 0.3 is 5.97 Å². The molecule has 1 N–H and O–H groups in total. The average Bonchev–Trinajstić information content (AvgIpc) is 3.11. The van der Waals surface area contributed by atoms with Crippen LogP contribution < -0.4 is 4.90 Å². The number of carboxylic acid groups (broad SMARTS) is 1. The highest BCUT2D eigenvalue weighted by Crippen LogP contribution is 2.36. The Bertz CT molecular complexity index is 842. The Balaban J connectivity index is 1.43. The molecule has 2 aliphatic heterocycles. The first-order chi connectivity index (χ1) is 13.1. The molecule has 27 heavy (non-hydrogen) atoms. The van der Waals surface area contributed by atoms with Crippen LogP contribution in [0.5, 0.6) is 0 Å². The minimum Gasteiger partial charge on any atom is -0.481 e. The number of carbonyl (C=O) groups is 2. The van der Waals surface area contributed by atoms with Gasteiger partial charge in [0, 0.05) is 25.3 Å². The summed E-state index contributed by atoms with van der Waals surface area (Å²) in [4.78, 5) is 28.8. The fraction of sp³-hybridized carbons (Fsp3) is 0.364. The molecule has 5 nitrogen and oxygen atoms in total. The zero-order chi connectivity index (χ0) is 18.9. The van der Waals surface area contributed by atoms with E-state index in [0.717, 1.165) is 24.2 Å². The number of para-hydroxylation sites is 1. The van der Waals surface area contributed by atoms with Crippen molar-refractivity contribution >= 4 is 17.6 Å². The summed E-state index contributed by atoms with van der Waals surface area (Å²) in [6, 6.07) is 17.6. The molecule has 2 aliphatic rings. The monoisotopic (exact) mass is 364 g/mol. The molecule has 0 radical (unpaired) electrons. The van der Waals surface area contributed by atoms with Crippen LogP contribution in [-0.2, 0) is 21.4 Å². The van der Waals surface area contributed by atoms with Crippen molar-refractivity contribution in [3.05, 3.63) is 65.7 Å². The fourth-order valence-electron chi connectivity index (χ4n) is 4.36. The Labute approximate surface area is 159 Å². The van der Waals surface area contributed by atoms with Gasteiger partial charge in [-0.25, -0.2) is 0 Å². The predicted molar refractivity (Wildman–Crippen MR) is 104 cm³/mol. The van der Waals surface area contributed by atoms with Gasteiger partial charge in [-0.15, -0.1) is 0 Å². The molecule has 0 bridgehead atoms. The maximum atomic E-state index is 12.8. The van der Waals surface area contributed by atoms with Crippen molar-refractivity contribution in [2.45, 2.75) is 24.7 Å². The number of amides is 1. The zero-order valence-electron chi connectivity index (χ0n) is 15.3. The van der Waals surface area contributed by atoms with Gasteiger partial charge in [0.2, 0.25) is 5.91 Å². The summed E-state index contributed by atoms with van der Waals surface area (Å²) in [5.74, 6) is -0.715. The van der Waals surface area contributed by atoms with Crippen LogP contribution in [-0.4, -0.2) is 48.1 Å². The van der Waals surface area contributed by atoms with Crippen LogP contribution in [0.3, 0.4) is 0 Å². The lowest BCUT2D eigenvalue weighted by Gasteiger charge is -2.39. The zero-order valence-corrected chi connectivity index (χ0v) is 15.3. The van der Waals surface area contributed by atoms with E-state index in [1.165, 1.54) is 5.56 Å². The molecule has 0 aromatic heterocycles. The summed E-state index contributed by atoms with van der Waals surface area (Å²) in [5, 5.41) is 9.89. The van der Waals surface area contributed by atoms with Gasteiger partial charge in [0.15, 0.2) is 0 Å². The molecule has 1 saturated heterocycles. The first kappa shape index (κ1) is 17.6. The largest absolute Gasteiger partial charge is 0.481 e. The lowest BCUT2D eigenvalue weighted by atomic mass is 9.73. The molecule has 0 saturated carbocycles. The molecule has 1 amide bonds. The molecular formula is C22H24N2O3. The van der Waals surface area contributed by atoms with Crippen molar-refractivity contribution in [1.29, 1.82) is 0 Å². The van der Waals surface area contributed by atoms with E-state index in [2.05, 4.69) is 17.0 Å². The fourth-order valence-corrected chi connectivity index (χ4v) is 4.36. The van der Waals surface area contributed by atoms with Crippen LogP contribution in [0.15, 0.2) is 54.6 Å². The summed E-state index contributed by atoms with van der Waals surface area (Å²) in [6.45, 7) is 2.19. The summed E-state index contributed by atoms with van der Waals surface area (Å²) < 4.78 is 0. The molecule has 2 heterocycles. The third-order valence-corrected chi connectivity index (χ3v) is 6.01. The van der Waals surface area contributed by atoms with Crippen LogP contribution >= 0.6 is 0 Å². The lowest BCUT2D eigenvalue weighted by molar-refractivity contribution is -0.148. The summed E-state index contributed by atoms with van der Waals surface area (Å²) in [5.41, 5.74) is 2.38.